The Morgan fingerprint density at radius 2 is 1.81 bits per heavy atom. The molecular formula is C27H24ClF2N5O. The van der Waals surface area contributed by atoms with Gasteiger partial charge >= 0.3 is 0 Å². The van der Waals surface area contributed by atoms with Gasteiger partial charge < -0.3 is 0 Å². The number of benzene rings is 2. The van der Waals surface area contributed by atoms with Gasteiger partial charge in [0.2, 0.25) is 5.95 Å². The fourth-order valence-corrected chi connectivity index (χ4v) is 5.73. The van der Waals surface area contributed by atoms with E-state index in [4.69, 9.17) is 11.6 Å². The van der Waals surface area contributed by atoms with Crippen LogP contribution < -0.4 is 11.0 Å². The number of anilines is 1. The van der Waals surface area contributed by atoms with Gasteiger partial charge in [-0.1, -0.05) is 48.4 Å². The zero-order valence-electron chi connectivity index (χ0n) is 19.4. The van der Waals surface area contributed by atoms with Crippen molar-refractivity contribution in [2.75, 3.05) is 18.5 Å². The minimum atomic E-state index is -0.605. The number of aromatic nitrogens is 3. The number of nitrogens with one attached hydrogen (secondary N) is 1. The zero-order valence-corrected chi connectivity index (χ0v) is 20.2. The summed E-state index contributed by atoms with van der Waals surface area (Å²) in [6.45, 7) is 1.74. The summed E-state index contributed by atoms with van der Waals surface area (Å²) in [7, 11) is 0. The number of nitrogens with zero attached hydrogens (tertiary/aromatic N) is 4. The van der Waals surface area contributed by atoms with Crippen LogP contribution in [0.15, 0.2) is 59.5 Å². The zero-order chi connectivity index (χ0) is 24.8. The molecule has 2 aromatic carbocycles. The van der Waals surface area contributed by atoms with Crippen LogP contribution in [0, 0.1) is 23.5 Å². The number of rotatable bonds is 5. The molecule has 2 atom stereocenters. The molecule has 36 heavy (non-hydrogen) atoms. The lowest BCUT2D eigenvalue weighted by Gasteiger charge is -2.19. The first-order chi connectivity index (χ1) is 17.5. The smallest absolute Gasteiger partial charge is 0.260 e. The van der Waals surface area contributed by atoms with Gasteiger partial charge in [0.05, 0.1) is 17.1 Å². The van der Waals surface area contributed by atoms with Crippen molar-refractivity contribution < 1.29 is 8.78 Å². The van der Waals surface area contributed by atoms with E-state index in [2.05, 4.69) is 20.4 Å². The molecular weight excluding hydrogens is 484 g/mol. The predicted molar refractivity (Wildman–Crippen MR) is 136 cm³/mol. The number of fused-ring (bicyclic) bond motifs is 2. The van der Waals surface area contributed by atoms with Crippen LogP contribution in [0.2, 0.25) is 5.02 Å². The Bertz CT molecular complexity index is 1510. The summed E-state index contributed by atoms with van der Waals surface area (Å²) in [5.74, 6) is 0.608. The molecule has 2 aromatic heterocycles. The second kappa shape index (κ2) is 9.26. The Balaban J connectivity index is 1.45. The Kier molecular flexibility index (Phi) is 5.93. The summed E-state index contributed by atoms with van der Waals surface area (Å²) in [5, 5.41) is 2.63. The summed E-state index contributed by atoms with van der Waals surface area (Å²) in [6, 6.07) is 12.3. The number of hydrogen-bond acceptors (Lipinski definition) is 5. The highest BCUT2D eigenvalue weighted by molar-refractivity contribution is 6.30. The van der Waals surface area contributed by atoms with Crippen LogP contribution in [-0.2, 0) is 6.54 Å². The van der Waals surface area contributed by atoms with Gasteiger partial charge in [0.15, 0.2) is 0 Å². The molecule has 0 bridgehead atoms. The first kappa shape index (κ1) is 23.1. The van der Waals surface area contributed by atoms with E-state index in [0.717, 1.165) is 13.1 Å². The minimum absolute atomic E-state index is 0.0355. The lowest BCUT2D eigenvalue weighted by atomic mass is 10.0. The van der Waals surface area contributed by atoms with Crippen LogP contribution in [0.1, 0.15) is 24.8 Å². The van der Waals surface area contributed by atoms with E-state index in [1.807, 2.05) is 0 Å². The molecule has 1 saturated carbocycles. The molecule has 2 unspecified atom stereocenters. The fourth-order valence-electron chi connectivity index (χ4n) is 5.54. The maximum absolute atomic E-state index is 14.8. The molecule has 9 heteroatoms. The van der Waals surface area contributed by atoms with Gasteiger partial charge in [-0.25, -0.2) is 18.8 Å². The molecule has 184 valence electrons. The number of halogens is 3. The molecule has 0 amide bonds. The molecule has 3 heterocycles. The van der Waals surface area contributed by atoms with Gasteiger partial charge in [-0.15, -0.1) is 0 Å². The largest absolute Gasteiger partial charge is 0.287 e. The van der Waals surface area contributed by atoms with E-state index in [1.165, 1.54) is 36.0 Å². The van der Waals surface area contributed by atoms with Crippen molar-refractivity contribution >= 4 is 28.6 Å². The van der Waals surface area contributed by atoms with Gasteiger partial charge in [0.1, 0.15) is 17.3 Å². The van der Waals surface area contributed by atoms with E-state index in [0.29, 0.717) is 28.8 Å². The minimum Gasteiger partial charge on any atom is -0.287 e. The summed E-state index contributed by atoms with van der Waals surface area (Å²) in [6.07, 6.45) is 5.37. The number of hydrogen-bond donors (Lipinski definition) is 1. The Labute approximate surface area is 211 Å². The van der Waals surface area contributed by atoms with Gasteiger partial charge in [0.25, 0.3) is 5.56 Å². The maximum Gasteiger partial charge on any atom is 0.260 e. The van der Waals surface area contributed by atoms with Crippen LogP contribution in [0.4, 0.5) is 14.7 Å². The second-order valence-electron chi connectivity index (χ2n) is 9.58. The number of hydrazine groups is 1. The van der Waals surface area contributed by atoms with Crippen molar-refractivity contribution in [3.8, 4) is 11.1 Å². The van der Waals surface area contributed by atoms with E-state index >= 15 is 0 Å². The molecule has 0 radical (unpaired) electrons. The van der Waals surface area contributed by atoms with Crippen molar-refractivity contribution in [3.63, 3.8) is 0 Å². The highest BCUT2D eigenvalue weighted by Crippen LogP contribution is 2.37. The van der Waals surface area contributed by atoms with Crippen molar-refractivity contribution in [3.05, 3.63) is 87.3 Å². The lowest BCUT2D eigenvalue weighted by molar-refractivity contribution is 0.369. The van der Waals surface area contributed by atoms with E-state index in [1.54, 1.807) is 42.6 Å². The first-order valence-corrected chi connectivity index (χ1v) is 12.5. The average molecular weight is 508 g/mol. The third kappa shape index (κ3) is 4.14. The summed E-state index contributed by atoms with van der Waals surface area (Å²) in [4.78, 5) is 22.8. The van der Waals surface area contributed by atoms with Crippen LogP contribution in [0.5, 0.6) is 0 Å². The molecule has 1 saturated heterocycles. The van der Waals surface area contributed by atoms with Crippen LogP contribution in [0.3, 0.4) is 0 Å². The Morgan fingerprint density at radius 1 is 1.03 bits per heavy atom. The standard InChI is InChI=1S/C27H24ClF2N5O/c28-22-9-4-7-18(24(22)30)15-35-25-19(11-21(26(35)36)20-8-1-2-10-23(20)29)12-31-27(32-25)33-34-13-16-5-3-6-17(16)14-34/h1-2,4,7-12,16-17H,3,5-6,13-15H2,(H,31,32,33). The molecule has 6 rings (SSSR count). The third-order valence-electron chi connectivity index (χ3n) is 7.34. The summed E-state index contributed by atoms with van der Waals surface area (Å²) >= 11 is 5.99. The van der Waals surface area contributed by atoms with Gasteiger partial charge in [-0.2, -0.15) is 4.98 Å². The highest BCUT2D eigenvalue weighted by Gasteiger charge is 2.36. The molecule has 1 aliphatic heterocycles. The van der Waals surface area contributed by atoms with Crippen molar-refractivity contribution in [2.24, 2.45) is 11.8 Å². The van der Waals surface area contributed by atoms with Crippen LogP contribution in [0.25, 0.3) is 22.2 Å². The SMILES string of the molecule is O=c1c(-c2ccccc2F)cc2cnc(NN3CC4CCCC4C3)nc2n1Cc1cccc(Cl)c1F. The summed E-state index contributed by atoms with van der Waals surface area (Å²) < 4.78 is 30.8. The lowest BCUT2D eigenvalue weighted by Crippen LogP contribution is -2.30. The molecule has 0 spiro atoms. The van der Waals surface area contributed by atoms with Crippen LogP contribution in [-0.4, -0.2) is 32.6 Å². The van der Waals surface area contributed by atoms with Gasteiger partial charge in [0, 0.05) is 35.8 Å². The Hall–Kier alpha value is -3.36. The molecule has 1 aliphatic carbocycles. The third-order valence-corrected chi connectivity index (χ3v) is 7.63. The first-order valence-electron chi connectivity index (χ1n) is 12.1. The second-order valence-corrected chi connectivity index (χ2v) is 9.99. The normalized spacial score (nSPS) is 19.6. The molecule has 2 fully saturated rings. The van der Waals surface area contributed by atoms with E-state index in [9.17, 15) is 13.6 Å². The molecule has 4 aromatic rings. The van der Waals surface area contributed by atoms with Crippen molar-refractivity contribution in [1.29, 1.82) is 0 Å². The molecule has 2 aliphatic rings. The Morgan fingerprint density at radius 3 is 2.58 bits per heavy atom. The summed E-state index contributed by atoms with van der Waals surface area (Å²) in [5.41, 5.74) is 3.69. The highest BCUT2D eigenvalue weighted by atomic mass is 35.5. The predicted octanol–water partition coefficient (Wildman–Crippen LogP) is 5.50. The number of pyridine rings is 1. The topological polar surface area (TPSA) is 63.1 Å². The van der Waals surface area contributed by atoms with Crippen molar-refractivity contribution in [1.82, 2.24) is 19.5 Å². The van der Waals surface area contributed by atoms with Gasteiger partial charge in [-0.3, -0.25) is 14.8 Å². The van der Waals surface area contributed by atoms with Crippen LogP contribution >= 0.6 is 11.6 Å². The van der Waals surface area contributed by atoms with Crippen molar-refractivity contribution in [2.45, 2.75) is 25.8 Å². The fraction of sp³-hybridized carbons (Fsp3) is 0.296. The molecule has 1 N–H and O–H groups in total. The molecule has 6 nitrogen and oxygen atoms in total. The average Bonchev–Trinajstić information content (AvgIpc) is 3.46. The monoisotopic (exact) mass is 507 g/mol. The maximum atomic E-state index is 14.8. The van der Waals surface area contributed by atoms with Gasteiger partial charge in [-0.05, 0) is 42.9 Å². The quantitative estimate of drug-likeness (QED) is 0.386. The van der Waals surface area contributed by atoms with E-state index in [-0.39, 0.29) is 28.3 Å². The van der Waals surface area contributed by atoms with E-state index < -0.39 is 17.2 Å².